The SMILES string of the molecule is CN1CCN(C[C@H]([N-]CC(F)(F)F)c2ccccc2)CC1.[Li+]. The van der Waals surface area contributed by atoms with Crippen LogP contribution in [0.2, 0.25) is 0 Å². The molecule has 0 aromatic heterocycles. The largest absolute Gasteiger partial charge is 1.00 e. The van der Waals surface area contributed by atoms with E-state index in [1.165, 1.54) is 0 Å². The van der Waals surface area contributed by atoms with Crippen molar-refractivity contribution in [3.05, 3.63) is 41.2 Å². The standard InChI is InChI=1S/C15H21F3N3.Li/c1-20-7-9-21(10-8-20)11-14(19-12-15(16,17)18)13-5-3-2-4-6-13;/h2-6,14H,7-12H2,1H3;/q-1;+1/t14-;/m0./s1. The minimum absolute atomic E-state index is 0. The maximum atomic E-state index is 12.4. The molecule has 0 unspecified atom stereocenters. The minimum Gasteiger partial charge on any atom is -0.647 e. The van der Waals surface area contributed by atoms with Gasteiger partial charge in [0, 0.05) is 26.2 Å². The summed E-state index contributed by atoms with van der Waals surface area (Å²) in [6.45, 7) is 3.11. The monoisotopic (exact) mass is 307 g/mol. The quantitative estimate of drug-likeness (QED) is 0.709. The van der Waals surface area contributed by atoms with E-state index in [4.69, 9.17) is 0 Å². The van der Waals surface area contributed by atoms with Crippen LogP contribution in [0.15, 0.2) is 30.3 Å². The molecule has 1 saturated heterocycles. The summed E-state index contributed by atoms with van der Waals surface area (Å²) in [5, 5.41) is 3.90. The molecule has 0 aliphatic carbocycles. The summed E-state index contributed by atoms with van der Waals surface area (Å²) >= 11 is 0. The van der Waals surface area contributed by atoms with Gasteiger partial charge in [-0.25, -0.2) is 0 Å². The van der Waals surface area contributed by atoms with E-state index < -0.39 is 18.8 Å². The topological polar surface area (TPSA) is 20.6 Å². The van der Waals surface area contributed by atoms with Gasteiger partial charge in [-0.05, 0) is 20.1 Å². The Morgan fingerprint density at radius 3 is 2.23 bits per heavy atom. The van der Waals surface area contributed by atoms with Crippen molar-refractivity contribution in [3.63, 3.8) is 0 Å². The number of rotatable bonds is 5. The first-order valence-electron chi connectivity index (χ1n) is 7.13. The van der Waals surface area contributed by atoms with Gasteiger partial charge < -0.3 is 15.1 Å². The molecular weight excluding hydrogens is 286 g/mol. The van der Waals surface area contributed by atoms with Crippen LogP contribution in [-0.4, -0.2) is 62.3 Å². The maximum absolute atomic E-state index is 12.4. The second-order valence-corrected chi connectivity index (χ2v) is 5.49. The fourth-order valence-electron chi connectivity index (χ4n) is 2.43. The van der Waals surface area contributed by atoms with Crippen LogP contribution in [0, 0.1) is 0 Å². The Labute approximate surface area is 142 Å². The third kappa shape index (κ3) is 6.72. The number of benzene rings is 1. The van der Waals surface area contributed by atoms with Gasteiger partial charge in [-0.1, -0.05) is 41.9 Å². The summed E-state index contributed by atoms with van der Waals surface area (Å²) < 4.78 is 37.3. The molecule has 0 N–H and O–H groups in total. The van der Waals surface area contributed by atoms with Crippen molar-refractivity contribution in [2.45, 2.75) is 12.2 Å². The molecule has 1 aliphatic rings. The Balaban J connectivity index is 0.00000242. The van der Waals surface area contributed by atoms with Crippen molar-refractivity contribution in [2.24, 2.45) is 0 Å². The summed E-state index contributed by atoms with van der Waals surface area (Å²) in [5.41, 5.74) is 0.848. The van der Waals surface area contributed by atoms with E-state index in [0.717, 1.165) is 31.7 Å². The van der Waals surface area contributed by atoms with Crippen LogP contribution >= 0.6 is 0 Å². The molecule has 0 bridgehead atoms. The van der Waals surface area contributed by atoms with E-state index in [1.807, 2.05) is 30.3 Å². The number of alkyl halides is 3. The molecule has 118 valence electrons. The summed E-state index contributed by atoms with van der Waals surface area (Å²) in [5.74, 6) is 0. The number of hydrogen-bond donors (Lipinski definition) is 0. The third-order valence-corrected chi connectivity index (χ3v) is 3.70. The molecule has 3 nitrogen and oxygen atoms in total. The molecule has 1 aromatic rings. The number of halogens is 3. The normalized spacial score (nSPS) is 18.7. The van der Waals surface area contributed by atoms with Gasteiger partial charge >= 0.3 is 25.0 Å². The Morgan fingerprint density at radius 2 is 1.68 bits per heavy atom. The number of piperazine rings is 1. The number of hydrogen-bond acceptors (Lipinski definition) is 2. The van der Waals surface area contributed by atoms with Gasteiger partial charge in [-0.3, -0.25) is 0 Å². The van der Waals surface area contributed by atoms with Crippen molar-refractivity contribution in [1.82, 2.24) is 9.80 Å². The van der Waals surface area contributed by atoms with Gasteiger partial charge in [-0.15, -0.1) is 0 Å². The fourth-order valence-corrected chi connectivity index (χ4v) is 2.43. The molecule has 22 heavy (non-hydrogen) atoms. The van der Waals surface area contributed by atoms with Crippen LogP contribution in [0.1, 0.15) is 11.6 Å². The van der Waals surface area contributed by atoms with Gasteiger partial charge in [0.25, 0.3) is 0 Å². The molecule has 1 aromatic carbocycles. The van der Waals surface area contributed by atoms with Crippen LogP contribution < -0.4 is 18.9 Å². The Bertz CT molecular complexity index is 420. The molecular formula is C15H21F3LiN3. The molecule has 1 aliphatic heterocycles. The van der Waals surface area contributed by atoms with Crippen molar-refractivity contribution < 1.29 is 32.0 Å². The first-order valence-corrected chi connectivity index (χ1v) is 7.13. The van der Waals surface area contributed by atoms with Gasteiger partial charge in [-0.2, -0.15) is 13.2 Å². The molecule has 0 saturated carbocycles. The molecule has 1 fully saturated rings. The van der Waals surface area contributed by atoms with Crippen molar-refractivity contribution >= 4 is 0 Å². The first-order chi connectivity index (χ1) is 9.94. The smallest absolute Gasteiger partial charge is 0.647 e. The van der Waals surface area contributed by atoms with E-state index in [-0.39, 0.29) is 18.9 Å². The second-order valence-electron chi connectivity index (χ2n) is 5.49. The van der Waals surface area contributed by atoms with Crippen LogP contribution in [0.5, 0.6) is 0 Å². The molecule has 1 atom stereocenters. The van der Waals surface area contributed by atoms with Crippen molar-refractivity contribution in [1.29, 1.82) is 0 Å². The molecule has 1 heterocycles. The summed E-state index contributed by atoms with van der Waals surface area (Å²) in [6.07, 6.45) is -4.24. The predicted octanol–water partition coefficient (Wildman–Crippen LogP) is -0.0849. The molecule has 7 heteroatoms. The summed E-state index contributed by atoms with van der Waals surface area (Å²) in [4.78, 5) is 4.42. The van der Waals surface area contributed by atoms with Gasteiger partial charge in [0.05, 0.1) is 0 Å². The maximum Gasteiger partial charge on any atom is 1.00 e. The molecule has 0 amide bonds. The Kier molecular flexibility index (Phi) is 7.94. The number of likely N-dealkylation sites (N-methyl/N-ethyl adjacent to an activating group) is 1. The van der Waals surface area contributed by atoms with E-state index >= 15 is 0 Å². The molecule has 2 rings (SSSR count). The van der Waals surface area contributed by atoms with E-state index in [2.05, 4.69) is 22.2 Å². The van der Waals surface area contributed by atoms with Crippen molar-refractivity contribution in [2.75, 3.05) is 46.3 Å². The third-order valence-electron chi connectivity index (χ3n) is 3.70. The Hall–Kier alpha value is -0.513. The predicted molar refractivity (Wildman–Crippen MR) is 77.4 cm³/mol. The zero-order valence-electron chi connectivity index (χ0n) is 13.2. The van der Waals surface area contributed by atoms with E-state index in [9.17, 15) is 13.2 Å². The first kappa shape index (κ1) is 19.5. The van der Waals surface area contributed by atoms with Crippen LogP contribution in [0.3, 0.4) is 0 Å². The average Bonchev–Trinajstić information content (AvgIpc) is 2.45. The molecule has 0 radical (unpaired) electrons. The van der Waals surface area contributed by atoms with Gasteiger partial charge in [0.2, 0.25) is 0 Å². The van der Waals surface area contributed by atoms with Gasteiger partial charge in [0.15, 0.2) is 0 Å². The van der Waals surface area contributed by atoms with Crippen LogP contribution in [-0.2, 0) is 0 Å². The molecule has 0 spiro atoms. The summed E-state index contributed by atoms with van der Waals surface area (Å²) in [7, 11) is 2.06. The minimum atomic E-state index is -4.24. The van der Waals surface area contributed by atoms with E-state index in [0.29, 0.717) is 6.54 Å². The summed E-state index contributed by atoms with van der Waals surface area (Å²) in [6, 6.07) is 8.82. The van der Waals surface area contributed by atoms with E-state index in [1.54, 1.807) is 0 Å². The van der Waals surface area contributed by atoms with Gasteiger partial charge in [0.1, 0.15) is 0 Å². The zero-order valence-corrected chi connectivity index (χ0v) is 13.2. The number of nitrogens with zero attached hydrogens (tertiary/aromatic N) is 3. The second kappa shape index (κ2) is 8.95. The van der Waals surface area contributed by atoms with Crippen LogP contribution in [0.4, 0.5) is 13.2 Å². The Morgan fingerprint density at radius 1 is 1.09 bits per heavy atom. The van der Waals surface area contributed by atoms with Crippen molar-refractivity contribution in [3.8, 4) is 0 Å². The zero-order chi connectivity index (χ0) is 15.3. The van der Waals surface area contributed by atoms with Crippen LogP contribution in [0.25, 0.3) is 5.32 Å². The fraction of sp³-hybridized carbons (Fsp3) is 0.600. The average molecular weight is 307 g/mol.